The molecular weight excluding hydrogens is 330 g/mol. The van der Waals surface area contributed by atoms with Crippen LogP contribution in [0.4, 0.5) is 0 Å². The van der Waals surface area contributed by atoms with Crippen molar-refractivity contribution in [2.75, 3.05) is 6.61 Å². The Kier molecular flexibility index (Phi) is 6.03. The molecule has 24 heavy (non-hydrogen) atoms. The van der Waals surface area contributed by atoms with E-state index in [1.165, 1.54) is 29.7 Å². The second-order valence-electron chi connectivity index (χ2n) is 5.37. The normalized spacial score (nSPS) is 17.8. The fourth-order valence-corrected chi connectivity index (χ4v) is 3.57. The van der Waals surface area contributed by atoms with Crippen LogP contribution in [-0.2, 0) is 20.1 Å². The van der Waals surface area contributed by atoms with Crippen molar-refractivity contribution >= 4 is 29.6 Å². The molecule has 0 saturated carbocycles. The van der Waals surface area contributed by atoms with Crippen molar-refractivity contribution in [1.82, 2.24) is 4.90 Å². The molecule has 2 rings (SSSR count). The molecule has 1 heterocycles. The zero-order chi connectivity index (χ0) is 17.7. The molecule has 1 saturated heterocycles. The third-order valence-electron chi connectivity index (χ3n) is 3.69. The molecule has 0 bridgehead atoms. The van der Waals surface area contributed by atoms with E-state index in [4.69, 9.17) is 9.84 Å². The highest BCUT2D eigenvalue weighted by Gasteiger charge is 2.41. The summed E-state index contributed by atoms with van der Waals surface area (Å²) in [5, 5.41) is 8.91. The zero-order valence-electron chi connectivity index (χ0n) is 13.3. The lowest BCUT2D eigenvalue weighted by molar-refractivity contribution is -0.156. The summed E-state index contributed by atoms with van der Waals surface area (Å²) in [5.41, 5.74) is 1.45. The number of nitrogens with zero attached hydrogens (tertiary/aromatic N) is 1. The van der Waals surface area contributed by atoms with E-state index in [2.05, 4.69) is 6.58 Å². The number of amides is 1. The van der Waals surface area contributed by atoms with Crippen molar-refractivity contribution in [2.45, 2.75) is 30.5 Å². The number of rotatable bonds is 8. The van der Waals surface area contributed by atoms with Crippen molar-refractivity contribution < 1.29 is 24.2 Å². The Labute approximate surface area is 144 Å². The van der Waals surface area contributed by atoms with Gasteiger partial charge in [0.2, 0.25) is 5.91 Å². The number of likely N-dealkylation sites (tertiary alicyclic amines) is 1. The number of carboxylic acid groups (broad SMARTS) is 1. The molecule has 1 aromatic rings. The van der Waals surface area contributed by atoms with E-state index in [-0.39, 0.29) is 17.9 Å². The van der Waals surface area contributed by atoms with Crippen LogP contribution in [0.25, 0.3) is 0 Å². The molecule has 1 aliphatic rings. The summed E-state index contributed by atoms with van der Waals surface area (Å²) in [4.78, 5) is 35.7. The maximum absolute atomic E-state index is 11.7. The molecule has 1 N–H and O–H groups in total. The second-order valence-corrected chi connectivity index (χ2v) is 6.54. The van der Waals surface area contributed by atoms with Crippen LogP contribution in [0.5, 0.6) is 0 Å². The van der Waals surface area contributed by atoms with Crippen molar-refractivity contribution in [3.8, 4) is 0 Å². The number of benzene rings is 1. The first kappa shape index (κ1) is 18.1. The highest BCUT2D eigenvalue weighted by Crippen LogP contribution is 2.33. The number of hydrogen-bond donors (Lipinski definition) is 1. The summed E-state index contributed by atoms with van der Waals surface area (Å²) in [7, 11) is 0. The standard InChI is InChI=1S/C17H19NO5S/c1-3-8-23-17(22)13-6-4-12(5-7-13)10-24-15-9-14(19)18(15)11(2)16(20)21/h3-7,11,15H,1,8-10H2,2H3,(H,20,21). The average Bonchev–Trinajstić information content (AvgIpc) is 2.56. The van der Waals surface area contributed by atoms with E-state index in [1.54, 1.807) is 12.1 Å². The summed E-state index contributed by atoms with van der Waals surface area (Å²) >= 11 is 1.51. The van der Waals surface area contributed by atoms with Gasteiger partial charge in [0.1, 0.15) is 12.6 Å². The predicted octanol–water partition coefficient (Wildman–Crippen LogP) is 2.29. The predicted molar refractivity (Wildman–Crippen MR) is 90.6 cm³/mol. The van der Waals surface area contributed by atoms with E-state index < -0.39 is 18.0 Å². The molecule has 2 atom stereocenters. The van der Waals surface area contributed by atoms with Crippen LogP contribution in [-0.4, -0.2) is 45.9 Å². The van der Waals surface area contributed by atoms with Crippen LogP contribution < -0.4 is 0 Å². The number of ether oxygens (including phenoxy) is 1. The van der Waals surface area contributed by atoms with Crippen LogP contribution >= 0.6 is 11.8 Å². The molecule has 7 heteroatoms. The van der Waals surface area contributed by atoms with Gasteiger partial charge >= 0.3 is 11.9 Å². The van der Waals surface area contributed by atoms with Gasteiger partial charge in [-0.3, -0.25) is 4.79 Å². The summed E-state index contributed by atoms with van der Waals surface area (Å²) in [6.07, 6.45) is 1.86. The Morgan fingerprint density at radius 3 is 2.67 bits per heavy atom. The lowest BCUT2D eigenvalue weighted by Crippen LogP contribution is -2.57. The number of carbonyl (C=O) groups is 3. The Balaban J connectivity index is 1.88. The maximum Gasteiger partial charge on any atom is 0.338 e. The van der Waals surface area contributed by atoms with E-state index >= 15 is 0 Å². The Morgan fingerprint density at radius 1 is 1.46 bits per heavy atom. The summed E-state index contributed by atoms with van der Waals surface area (Å²) in [6.45, 7) is 5.17. The molecule has 0 aliphatic carbocycles. The Morgan fingerprint density at radius 2 is 2.12 bits per heavy atom. The van der Waals surface area contributed by atoms with Crippen molar-refractivity contribution in [3.05, 3.63) is 48.0 Å². The van der Waals surface area contributed by atoms with Crippen molar-refractivity contribution in [1.29, 1.82) is 0 Å². The van der Waals surface area contributed by atoms with Gasteiger partial charge in [0.15, 0.2) is 0 Å². The zero-order valence-corrected chi connectivity index (χ0v) is 14.1. The lowest BCUT2D eigenvalue weighted by atomic mass is 10.1. The quantitative estimate of drug-likeness (QED) is 0.440. The molecule has 1 fully saturated rings. The number of carbonyl (C=O) groups excluding carboxylic acids is 2. The van der Waals surface area contributed by atoms with Crippen molar-refractivity contribution in [2.24, 2.45) is 0 Å². The van der Waals surface area contributed by atoms with Crippen LogP contribution in [0.2, 0.25) is 0 Å². The largest absolute Gasteiger partial charge is 0.480 e. The van der Waals surface area contributed by atoms with Crippen molar-refractivity contribution in [3.63, 3.8) is 0 Å². The molecule has 2 unspecified atom stereocenters. The monoisotopic (exact) mass is 349 g/mol. The van der Waals surface area contributed by atoms with Gasteiger partial charge in [-0.1, -0.05) is 24.8 Å². The number of esters is 1. The molecule has 0 radical (unpaired) electrons. The average molecular weight is 349 g/mol. The molecule has 1 aromatic carbocycles. The topological polar surface area (TPSA) is 83.9 Å². The van der Waals surface area contributed by atoms with Gasteiger partial charge < -0.3 is 14.7 Å². The van der Waals surface area contributed by atoms with Crippen LogP contribution in [0.15, 0.2) is 36.9 Å². The highest BCUT2D eigenvalue weighted by atomic mass is 32.2. The summed E-state index contributed by atoms with van der Waals surface area (Å²) in [5.74, 6) is -0.915. The lowest BCUT2D eigenvalue weighted by Gasteiger charge is -2.42. The second kappa shape index (κ2) is 8.01. The molecule has 0 aromatic heterocycles. The molecule has 128 valence electrons. The van der Waals surface area contributed by atoms with Crippen LogP contribution in [0, 0.1) is 0 Å². The minimum absolute atomic E-state index is 0.124. The van der Waals surface area contributed by atoms with E-state index in [9.17, 15) is 14.4 Å². The van der Waals surface area contributed by atoms with E-state index in [0.29, 0.717) is 17.7 Å². The molecule has 0 spiro atoms. The van der Waals surface area contributed by atoms with Gasteiger partial charge in [-0.2, -0.15) is 0 Å². The smallest absolute Gasteiger partial charge is 0.338 e. The maximum atomic E-state index is 11.7. The summed E-state index contributed by atoms with van der Waals surface area (Å²) in [6, 6.07) is 6.20. The van der Waals surface area contributed by atoms with Gasteiger partial charge in [-0.15, -0.1) is 11.8 Å². The number of carboxylic acids is 1. The van der Waals surface area contributed by atoms with E-state index in [0.717, 1.165) is 5.56 Å². The fourth-order valence-electron chi connectivity index (χ4n) is 2.27. The number of hydrogen-bond acceptors (Lipinski definition) is 5. The van der Waals surface area contributed by atoms with Gasteiger partial charge in [0.05, 0.1) is 17.4 Å². The van der Waals surface area contributed by atoms with Gasteiger partial charge in [-0.05, 0) is 24.6 Å². The van der Waals surface area contributed by atoms with Crippen LogP contribution in [0.3, 0.4) is 0 Å². The van der Waals surface area contributed by atoms with Gasteiger partial charge in [0, 0.05) is 5.75 Å². The third kappa shape index (κ3) is 4.17. The number of thioether (sulfide) groups is 1. The number of β-lactam (4-membered cyclic amide) rings is 1. The summed E-state index contributed by atoms with van der Waals surface area (Å²) < 4.78 is 4.95. The highest BCUT2D eigenvalue weighted by molar-refractivity contribution is 7.99. The first-order chi connectivity index (χ1) is 11.4. The Bertz CT molecular complexity index is 643. The fraction of sp³-hybridized carbons (Fsp3) is 0.353. The first-order valence-corrected chi connectivity index (χ1v) is 8.51. The van der Waals surface area contributed by atoms with Gasteiger partial charge in [-0.25, -0.2) is 9.59 Å². The number of aliphatic carboxylic acids is 1. The first-order valence-electron chi connectivity index (χ1n) is 7.46. The molecule has 6 nitrogen and oxygen atoms in total. The molecule has 1 amide bonds. The van der Waals surface area contributed by atoms with Gasteiger partial charge in [0.25, 0.3) is 0 Å². The van der Waals surface area contributed by atoms with E-state index in [1.807, 2.05) is 12.1 Å². The molecule has 1 aliphatic heterocycles. The minimum atomic E-state index is -1.00. The minimum Gasteiger partial charge on any atom is -0.480 e. The third-order valence-corrected chi connectivity index (χ3v) is 4.96. The molecular formula is C17H19NO5S. The SMILES string of the molecule is C=CCOC(=O)c1ccc(CSC2CC(=O)N2C(C)C(=O)O)cc1. The van der Waals surface area contributed by atoms with Crippen LogP contribution in [0.1, 0.15) is 29.3 Å². The Hall–Kier alpha value is -2.28.